The van der Waals surface area contributed by atoms with Crippen LogP contribution in [-0.2, 0) is 30.7 Å². The summed E-state index contributed by atoms with van der Waals surface area (Å²) in [7, 11) is 0. The molecule has 0 heterocycles. The number of nitrogens with two attached hydrogens (primary N) is 1. The van der Waals surface area contributed by atoms with Gasteiger partial charge in [0.25, 0.3) is 0 Å². The van der Waals surface area contributed by atoms with E-state index in [0.29, 0.717) is 30.5 Å². The van der Waals surface area contributed by atoms with Crippen LogP contribution in [0.1, 0.15) is 52.0 Å². The Hall–Kier alpha value is -3.19. The second-order valence-corrected chi connectivity index (χ2v) is 9.82. The summed E-state index contributed by atoms with van der Waals surface area (Å²) in [5.74, 6) is -0.550. The lowest BCUT2D eigenvalue weighted by molar-refractivity contribution is -0.121. The Balaban J connectivity index is 1.58. The van der Waals surface area contributed by atoms with Gasteiger partial charge < -0.3 is 26.4 Å². The molecule has 0 aromatic heterocycles. The van der Waals surface area contributed by atoms with E-state index in [0.717, 1.165) is 23.1 Å². The van der Waals surface area contributed by atoms with Gasteiger partial charge in [0.05, 0.1) is 12.7 Å². The van der Waals surface area contributed by atoms with Crippen molar-refractivity contribution < 1.29 is 20.1 Å². The van der Waals surface area contributed by atoms with E-state index in [1.807, 2.05) is 12.1 Å². The summed E-state index contributed by atoms with van der Waals surface area (Å²) in [6.07, 6.45) is 1.21. The van der Waals surface area contributed by atoms with Crippen molar-refractivity contribution in [2.45, 2.75) is 58.8 Å². The van der Waals surface area contributed by atoms with Crippen molar-refractivity contribution in [1.82, 2.24) is 5.32 Å². The topological polar surface area (TPSA) is 116 Å². The number of aryl methyl sites for hydroxylation is 2. The van der Waals surface area contributed by atoms with Crippen LogP contribution in [0, 0.1) is 19.8 Å². The van der Waals surface area contributed by atoms with Crippen LogP contribution >= 0.6 is 0 Å². The number of carbonyl (C=O) groups is 1. The molecule has 0 bridgehead atoms. The molecule has 6 heteroatoms. The quantitative estimate of drug-likeness (QED) is 0.266. The smallest absolute Gasteiger partial charge is 0.221 e. The lowest BCUT2D eigenvalue weighted by Gasteiger charge is -2.19. The number of aromatic hydroxyl groups is 1. The third-order valence-corrected chi connectivity index (χ3v) is 6.79. The maximum atomic E-state index is 12.2. The molecule has 6 nitrogen and oxygen atoms in total. The van der Waals surface area contributed by atoms with Crippen LogP contribution in [0.4, 0.5) is 0 Å². The second-order valence-electron chi connectivity index (χ2n) is 9.82. The van der Waals surface area contributed by atoms with Crippen molar-refractivity contribution in [2.24, 2.45) is 11.7 Å². The van der Waals surface area contributed by atoms with Crippen LogP contribution in [-0.4, -0.2) is 33.8 Å². The Morgan fingerprint density at radius 2 is 1.58 bits per heavy atom. The van der Waals surface area contributed by atoms with E-state index in [9.17, 15) is 20.1 Å². The van der Waals surface area contributed by atoms with Gasteiger partial charge in [-0.2, -0.15) is 0 Å². The van der Waals surface area contributed by atoms with E-state index in [1.165, 1.54) is 17.2 Å². The van der Waals surface area contributed by atoms with Crippen molar-refractivity contribution in [3.8, 4) is 5.75 Å². The molecule has 3 rings (SSSR count). The first-order chi connectivity index (χ1) is 17.2. The van der Waals surface area contributed by atoms with Crippen molar-refractivity contribution >= 4 is 5.91 Å². The number of nitrogens with one attached hydrogen (secondary N) is 1. The lowest BCUT2D eigenvalue weighted by Crippen LogP contribution is -2.32. The Bertz CT molecular complexity index is 1180. The molecule has 3 atom stereocenters. The molecule has 0 saturated carbocycles. The Morgan fingerprint density at radius 3 is 2.22 bits per heavy atom. The second kappa shape index (κ2) is 12.7. The predicted molar refractivity (Wildman–Crippen MR) is 143 cm³/mol. The van der Waals surface area contributed by atoms with Crippen molar-refractivity contribution in [1.29, 1.82) is 0 Å². The fraction of sp³-hybridized carbons (Fsp3) is 0.367. The Labute approximate surface area is 213 Å². The van der Waals surface area contributed by atoms with Gasteiger partial charge in [-0.05, 0) is 85.5 Å². The van der Waals surface area contributed by atoms with Gasteiger partial charge in [0.15, 0.2) is 0 Å². The molecule has 3 aromatic rings. The zero-order chi connectivity index (χ0) is 26.2. The number of amides is 1. The van der Waals surface area contributed by atoms with Gasteiger partial charge in [-0.15, -0.1) is 0 Å². The number of aliphatic hydroxyl groups is 2. The van der Waals surface area contributed by atoms with E-state index >= 15 is 0 Å². The molecular weight excluding hydrogens is 452 g/mol. The highest BCUT2D eigenvalue weighted by Gasteiger charge is 2.18. The van der Waals surface area contributed by atoms with E-state index in [1.54, 1.807) is 12.1 Å². The summed E-state index contributed by atoms with van der Waals surface area (Å²) in [5, 5.41) is 32.9. The molecular formula is C30H38N2O4. The molecule has 0 saturated heterocycles. The molecule has 0 fully saturated rings. The molecule has 0 aliphatic carbocycles. The summed E-state index contributed by atoms with van der Waals surface area (Å²) >= 11 is 0. The van der Waals surface area contributed by atoms with Gasteiger partial charge in [0.2, 0.25) is 5.91 Å². The van der Waals surface area contributed by atoms with Crippen LogP contribution in [0.25, 0.3) is 0 Å². The fourth-order valence-corrected chi connectivity index (χ4v) is 4.45. The number of rotatable bonds is 12. The highest BCUT2D eigenvalue weighted by Crippen LogP contribution is 2.23. The van der Waals surface area contributed by atoms with Crippen LogP contribution < -0.4 is 11.1 Å². The highest BCUT2D eigenvalue weighted by molar-refractivity contribution is 5.77. The molecule has 36 heavy (non-hydrogen) atoms. The minimum absolute atomic E-state index is 0.0159. The number of primary amides is 1. The van der Waals surface area contributed by atoms with Crippen LogP contribution in [0.15, 0.2) is 60.7 Å². The van der Waals surface area contributed by atoms with E-state index in [4.69, 9.17) is 5.73 Å². The molecule has 192 valence electrons. The van der Waals surface area contributed by atoms with Crippen LogP contribution in [0.3, 0.4) is 0 Å². The van der Waals surface area contributed by atoms with Gasteiger partial charge in [-0.25, -0.2) is 0 Å². The number of hydrogen-bond acceptors (Lipinski definition) is 5. The maximum Gasteiger partial charge on any atom is 0.221 e. The Kier molecular flexibility index (Phi) is 9.65. The zero-order valence-electron chi connectivity index (χ0n) is 21.4. The van der Waals surface area contributed by atoms with Crippen molar-refractivity contribution in [2.75, 3.05) is 6.54 Å². The number of phenols is 1. The average Bonchev–Trinajstić information content (AvgIpc) is 2.85. The summed E-state index contributed by atoms with van der Waals surface area (Å²) in [6, 6.07) is 19.4. The normalized spacial score (nSPS) is 13.8. The maximum absolute atomic E-state index is 12.2. The largest absolute Gasteiger partial charge is 0.508 e. The number of aliphatic hydroxyl groups excluding tert-OH is 2. The zero-order valence-corrected chi connectivity index (χ0v) is 21.4. The van der Waals surface area contributed by atoms with Gasteiger partial charge in [-0.3, -0.25) is 4.79 Å². The summed E-state index contributed by atoms with van der Waals surface area (Å²) in [4.78, 5) is 12.2. The van der Waals surface area contributed by atoms with Gasteiger partial charge in [0, 0.05) is 24.1 Å². The van der Waals surface area contributed by atoms with Crippen molar-refractivity contribution in [3.63, 3.8) is 0 Å². The van der Waals surface area contributed by atoms with Gasteiger partial charge in [-0.1, -0.05) is 48.5 Å². The average molecular weight is 491 g/mol. The number of carbonyl (C=O) groups excluding carboxylic acids is 1. The molecule has 1 amide bonds. The molecule has 0 aliphatic rings. The Morgan fingerprint density at radius 1 is 0.917 bits per heavy atom. The van der Waals surface area contributed by atoms with Gasteiger partial charge in [0.1, 0.15) is 5.75 Å². The third-order valence-electron chi connectivity index (χ3n) is 6.79. The summed E-state index contributed by atoms with van der Waals surface area (Å²) in [5.41, 5.74) is 12.6. The summed E-state index contributed by atoms with van der Waals surface area (Å²) < 4.78 is 0. The highest BCUT2D eigenvalue weighted by atomic mass is 16.3. The molecule has 0 radical (unpaired) electrons. The standard InChI is InChI=1S/C30H38N2O4/c1-19-7-8-24(11-20(19)2)15-26(30(31)36)14-23-6-4-5-22(13-23)12-21(3)32-17-29(35)25-9-10-28(34)27(16-25)18-33/h4-11,13,16,21,26,29,32-35H,12,14-15,17-18H2,1-3H3,(H2,31,36)/t21-,26?,29+/m1/s1. The molecule has 0 aliphatic heterocycles. The molecule has 0 spiro atoms. The molecule has 1 unspecified atom stereocenters. The monoisotopic (exact) mass is 490 g/mol. The SMILES string of the molecule is Cc1ccc(CC(Cc2cccc(C[C@@H](C)NC[C@H](O)c3ccc(O)c(CO)c3)c2)C(N)=O)cc1C. The molecule has 6 N–H and O–H groups in total. The predicted octanol–water partition coefficient (Wildman–Crippen LogP) is 3.64. The van der Waals surface area contributed by atoms with E-state index in [2.05, 4.69) is 56.4 Å². The van der Waals surface area contributed by atoms with Crippen LogP contribution in [0.5, 0.6) is 5.75 Å². The van der Waals surface area contributed by atoms with E-state index < -0.39 is 6.10 Å². The first-order valence-corrected chi connectivity index (χ1v) is 12.4. The first kappa shape index (κ1) is 27.4. The minimum Gasteiger partial charge on any atom is -0.508 e. The summed E-state index contributed by atoms with van der Waals surface area (Å²) in [6.45, 7) is 6.27. The van der Waals surface area contributed by atoms with Crippen LogP contribution in [0.2, 0.25) is 0 Å². The number of hydrogen-bond donors (Lipinski definition) is 5. The molecule has 3 aromatic carbocycles. The lowest BCUT2D eigenvalue weighted by atomic mass is 9.90. The van der Waals surface area contributed by atoms with Gasteiger partial charge >= 0.3 is 0 Å². The first-order valence-electron chi connectivity index (χ1n) is 12.4. The fourth-order valence-electron chi connectivity index (χ4n) is 4.45. The van der Waals surface area contributed by atoms with E-state index in [-0.39, 0.29) is 30.2 Å². The minimum atomic E-state index is -0.758. The number of benzene rings is 3. The third kappa shape index (κ3) is 7.65. The van der Waals surface area contributed by atoms with Crippen molar-refractivity contribution in [3.05, 3.63) is 99.6 Å².